The van der Waals surface area contributed by atoms with Gasteiger partial charge >= 0.3 is 6.18 Å². The predicted octanol–water partition coefficient (Wildman–Crippen LogP) is 6.28. The van der Waals surface area contributed by atoms with E-state index < -0.39 is 60.6 Å². The molecule has 16 nitrogen and oxygen atoms in total. The van der Waals surface area contributed by atoms with E-state index >= 15 is 4.39 Å². The summed E-state index contributed by atoms with van der Waals surface area (Å²) >= 11 is 0. The maximum absolute atomic E-state index is 15.1. The lowest BCUT2D eigenvalue weighted by Gasteiger charge is -2.27. The molecule has 0 bridgehead atoms. The number of rotatable bonds is 11. The number of nitrogen functional groups attached to an aromatic ring is 2. The molecule has 23 heteroatoms. The van der Waals surface area contributed by atoms with Gasteiger partial charge in [0.25, 0.3) is 5.91 Å². The number of hydrogen-bond acceptors (Lipinski definition) is 13. The molecule has 2 amide bonds. The smallest absolute Gasteiger partial charge is 0.382 e. The molecule has 0 atom stereocenters. The number of nitriles is 1. The number of halogens is 5. The molecule has 1 fully saturated rings. The number of anilines is 2. The molecule has 3 heterocycles. The molecule has 1 aliphatic heterocycles. The van der Waals surface area contributed by atoms with E-state index in [-0.39, 0.29) is 81.6 Å². The predicted molar refractivity (Wildman–Crippen MR) is 247 cm³/mol. The minimum Gasteiger partial charge on any atom is -0.382 e. The second kappa shape index (κ2) is 20.6. The number of nitrogens with zero attached hydrogens (tertiary/aromatic N) is 6. The summed E-state index contributed by atoms with van der Waals surface area (Å²) in [6, 6.07) is 26.6. The summed E-state index contributed by atoms with van der Waals surface area (Å²) in [6.07, 6.45) is -0.886. The molecule has 1 saturated heterocycles. The van der Waals surface area contributed by atoms with E-state index in [0.717, 1.165) is 22.6 Å². The van der Waals surface area contributed by atoms with Crippen LogP contribution in [0.1, 0.15) is 21.6 Å². The summed E-state index contributed by atoms with van der Waals surface area (Å²) in [6.45, 7) is -0.795. The van der Waals surface area contributed by atoms with Crippen LogP contribution in [0.5, 0.6) is 0 Å². The van der Waals surface area contributed by atoms with E-state index in [2.05, 4.69) is 30.6 Å². The van der Waals surface area contributed by atoms with Crippen molar-refractivity contribution in [2.75, 3.05) is 43.4 Å². The van der Waals surface area contributed by atoms with Crippen molar-refractivity contribution in [1.82, 2.24) is 34.9 Å². The molecule has 1 aliphatic rings. The van der Waals surface area contributed by atoms with E-state index in [1.807, 2.05) is 0 Å². The van der Waals surface area contributed by atoms with Gasteiger partial charge in [0.1, 0.15) is 29.2 Å². The fraction of sp³-hybridized carbons (Fsp3) is 0.128. The van der Waals surface area contributed by atoms with Gasteiger partial charge in [-0.3, -0.25) is 9.59 Å². The number of benzene rings is 5. The number of hydrogen-bond donors (Lipinski definition) is 4. The van der Waals surface area contributed by atoms with Gasteiger partial charge in [-0.1, -0.05) is 60.7 Å². The molecule has 358 valence electrons. The first kappa shape index (κ1) is 49.7. The van der Waals surface area contributed by atoms with Crippen LogP contribution in [-0.2, 0) is 30.8 Å². The van der Waals surface area contributed by atoms with Gasteiger partial charge in [-0.25, -0.2) is 45.6 Å². The van der Waals surface area contributed by atoms with E-state index in [9.17, 15) is 49.2 Å². The first-order valence-corrected chi connectivity index (χ1v) is 23.7. The zero-order valence-corrected chi connectivity index (χ0v) is 37.8. The summed E-state index contributed by atoms with van der Waals surface area (Å²) < 4.78 is 124. The van der Waals surface area contributed by atoms with Crippen molar-refractivity contribution >= 4 is 43.4 Å². The summed E-state index contributed by atoms with van der Waals surface area (Å²) in [4.78, 5) is 38.7. The van der Waals surface area contributed by atoms with Gasteiger partial charge in [-0.15, -0.1) is 0 Å². The molecular formula is C47H37F5N10O6S2. The third-order valence-corrected chi connectivity index (χ3v) is 14.2. The fourth-order valence-electron chi connectivity index (χ4n) is 7.13. The molecule has 0 spiro atoms. The van der Waals surface area contributed by atoms with Crippen LogP contribution in [0.3, 0.4) is 0 Å². The van der Waals surface area contributed by atoms with Crippen LogP contribution < -0.4 is 22.1 Å². The second-order valence-electron chi connectivity index (χ2n) is 15.2. The quantitative estimate of drug-likeness (QED) is 0.104. The van der Waals surface area contributed by atoms with Crippen molar-refractivity contribution in [1.29, 1.82) is 5.26 Å². The monoisotopic (exact) mass is 996 g/mol. The zero-order chi connectivity index (χ0) is 50.4. The number of nitrogens with one attached hydrogen (secondary N) is 2. The highest BCUT2D eigenvalue weighted by atomic mass is 32.2. The normalized spacial score (nSPS) is 13.1. The van der Waals surface area contributed by atoms with Gasteiger partial charge in [-0.05, 0) is 59.7 Å². The minimum absolute atomic E-state index is 0.0144. The van der Waals surface area contributed by atoms with E-state index in [1.54, 1.807) is 66.7 Å². The zero-order valence-electron chi connectivity index (χ0n) is 36.2. The Kier molecular flexibility index (Phi) is 14.6. The van der Waals surface area contributed by atoms with Crippen LogP contribution in [0.4, 0.5) is 33.7 Å². The van der Waals surface area contributed by atoms with Gasteiger partial charge in [0, 0.05) is 65.4 Å². The Labute approximate surface area is 396 Å². The number of carbonyl (C=O) groups is 2. The molecular weight excluding hydrogens is 960 g/mol. The first-order chi connectivity index (χ1) is 33.3. The number of amides is 2. The van der Waals surface area contributed by atoms with Crippen LogP contribution in [0, 0.1) is 23.0 Å². The van der Waals surface area contributed by atoms with Crippen molar-refractivity contribution < 1.29 is 48.4 Å². The number of sulfone groups is 1. The SMILES string of the molecule is N#Cc1nc(N)cnc1-c1ccc(-c2ccc(C(F)(F)F)cc2S(=O)(=O)N2CCNC(=O)C2)cc1F.Nc1ncc(-c2ccc(-c3ccccc3S(=O)(=O)CCNC(=O)c3ccccc3)cc2F)cn1. The number of piperazine rings is 1. The topological polar surface area (TPSA) is 257 Å². The number of nitrogens with two attached hydrogens (primary N) is 2. The van der Waals surface area contributed by atoms with Gasteiger partial charge in [0.2, 0.25) is 21.9 Å². The van der Waals surface area contributed by atoms with Gasteiger partial charge in [0.15, 0.2) is 15.5 Å². The third-order valence-electron chi connectivity index (χ3n) is 10.5. The molecule has 0 radical (unpaired) electrons. The molecule has 0 aliphatic carbocycles. The highest BCUT2D eigenvalue weighted by molar-refractivity contribution is 7.91. The maximum atomic E-state index is 15.1. The summed E-state index contributed by atoms with van der Waals surface area (Å²) in [5.74, 6) is -2.71. The number of alkyl halides is 3. The highest BCUT2D eigenvalue weighted by Gasteiger charge is 2.36. The minimum atomic E-state index is -4.85. The number of aromatic nitrogens is 4. The average molecular weight is 997 g/mol. The average Bonchev–Trinajstić information content (AvgIpc) is 3.34. The lowest BCUT2D eigenvalue weighted by Crippen LogP contribution is -2.49. The molecule has 8 rings (SSSR count). The van der Waals surface area contributed by atoms with Crippen molar-refractivity contribution in [2.45, 2.75) is 16.0 Å². The van der Waals surface area contributed by atoms with Crippen LogP contribution in [-0.4, -0.2) is 84.8 Å². The lowest BCUT2D eigenvalue weighted by atomic mass is 10.00. The van der Waals surface area contributed by atoms with Crippen molar-refractivity contribution in [3.63, 3.8) is 0 Å². The fourth-order valence-corrected chi connectivity index (χ4v) is 10.2. The molecule has 7 aromatic rings. The Hall–Kier alpha value is -8.20. The maximum Gasteiger partial charge on any atom is 0.416 e. The number of carbonyl (C=O) groups excluding carboxylic acids is 2. The van der Waals surface area contributed by atoms with Crippen LogP contribution >= 0.6 is 0 Å². The Morgan fingerprint density at radius 3 is 2.00 bits per heavy atom. The molecule has 0 unspecified atom stereocenters. The lowest BCUT2D eigenvalue weighted by molar-refractivity contribution is -0.137. The largest absolute Gasteiger partial charge is 0.416 e. The Morgan fingerprint density at radius 2 is 1.37 bits per heavy atom. The molecule has 6 N–H and O–H groups in total. The number of sulfonamides is 1. The highest BCUT2D eigenvalue weighted by Crippen LogP contribution is 2.38. The van der Waals surface area contributed by atoms with Gasteiger partial charge in [0.05, 0.1) is 33.8 Å². The molecule has 2 aromatic heterocycles. The van der Waals surface area contributed by atoms with E-state index in [1.165, 1.54) is 36.7 Å². The molecule has 70 heavy (non-hydrogen) atoms. The van der Waals surface area contributed by atoms with Crippen molar-refractivity contribution in [3.8, 4) is 50.7 Å². The van der Waals surface area contributed by atoms with Gasteiger partial charge in [-0.2, -0.15) is 22.7 Å². The molecule has 5 aromatic carbocycles. The summed E-state index contributed by atoms with van der Waals surface area (Å²) in [5.41, 5.74) is 11.0. The second-order valence-corrected chi connectivity index (χ2v) is 19.1. The Bertz CT molecular complexity index is 3400. The first-order valence-electron chi connectivity index (χ1n) is 20.6. The van der Waals surface area contributed by atoms with Crippen LogP contribution in [0.25, 0.3) is 44.6 Å². The van der Waals surface area contributed by atoms with Crippen molar-refractivity contribution in [3.05, 3.63) is 156 Å². The molecule has 0 saturated carbocycles. The van der Waals surface area contributed by atoms with Crippen molar-refractivity contribution in [2.24, 2.45) is 0 Å². The Morgan fingerprint density at radius 1 is 0.757 bits per heavy atom. The summed E-state index contributed by atoms with van der Waals surface area (Å²) in [5, 5.41) is 14.3. The Balaban J connectivity index is 0.000000207. The standard InChI is InChI=1S/C25H21FN4O3S.C22H16F4N6O3S/c26-22-14-18(10-11-20(22)19-15-29-25(27)30-16-19)21-8-4-5-9-23(21)34(32,33)13-12-28-24(31)17-6-2-1-3-7-17;23-16-7-12(1-3-15(16)21-17(9-27)31-19(28)10-30-21)14-4-2-13(22(24,25)26)8-18(14)36(34,35)32-6-5-29-20(33)11-32/h1-11,14-16H,12-13H2,(H,28,31)(H2,27,29,30);1-4,7-8,10H,5-6,11H2,(H2,28,31)(H,29,33). The van der Waals surface area contributed by atoms with E-state index in [4.69, 9.17) is 11.5 Å². The van der Waals surface area contributed by atoms with Gasteiger partial charge < -0.3 is 22.1 Å². The van der Waals surface area contributed by atoms with Crippen LogP contribution in [0.15, 0.2) is 138 Å². The third kappa shape index (κ3) is 11.2. The van der Waals surface area contributed by atoms with E-state index in [0.29, 0.717) is 34.4 Å². The summed E-state index contributed by atoms with van der Waals surface area (Å²) in [7, 11) is -8.34. The van der Waals surface area contributed by atoms with Crippen LogP contribution in [0.2, 0.25) is 0 Å².